The molecule has 0 bridgehead atoms. The van der Waals surface area contributed by atoms with Crippen LogP contribution in [0.2, 0.25) is 0 Å². The van der Waals surface area contributed by atoms with Gasteiger partial charge in [0.25, 0.3) is 0 Å². The molecule has 4 heteroatoms. The number of carbonyl (C=O) groups is 1. The predicted octanol–water partition coefficient (Wildman–Crippen LogP) is 4.87. The molecule has 0 fully saturated rings. The summed E-state index contributed by atoms with van der Waals surface area (Å²) < 4.78 is 5.80. The first-order valence-corrected chi connectivity index (χ1v) is 9.28. The number of amides is 1. The molecule has 0 saturated heterocycles. The van der Waals surface area contributed by atoms with Crippen LogP contribution in [-0.4, -0.2) is 25.8 Å². The number of carbonyl (C=O) groups excluding carboxylic acids is 1. The zero-order valence-corrected chi connectivity index (χ0v) is 14.9. The number of hydrogen-bond acceptors (Lipinski definition) is 3. The minimum absolute atomic E-state index is 0.0829. The summed E-state index contributed by atoms with van der Waals surface area (Å²) in [5.41, 5.74) is 6.78. The van der Waals surface area contributed by atoms with Gasteiger partial charge in [0.1, 0.15) is 6.61 Å². The van der Waals surface area contributed by atoms with Crippen molar-refractivity contribution in [1.82, 2.24) is 0 Å². The highest BCUT2D eigenvalue weighted by molar-refractivity contribution is 5.93. The van der Waals surface area contributed by atoms with Crippen molar-refractivity contribution in [2.24, 2.45) is 0 Å². The second-order valence-corrected chi connectivity index (χ2v) is 6.90. The van der Waals surface area contributed by atoms with Crippen LogP contribution >= 0.6 is 0 Å². The van der Waals surface area contributed by atoms with Crippen molar-refractivity contribution < 1.29 is 9.53 Å². The van der Waals surface area contributed by atoms with E-state index in [9.17, 15) is 4.79 Å². The number of nitrogens with one attached hydrogen (secondary N) is 1. The molecule has 2 aliphatic rings. The molecule has 1 heterocycles. The van der Waals surface area contributed by atoms with E-state index in [1.54, 1.807) is 4.90 Å². The Morgan fingerprint density at radius 2 is 1.56 bits per heavy atom. The third-order valence-corrected chi connectivity index (χ3v) is 5.40. The van der Waals surface area contributed by atoms with E-state index in [1.807, 2.05) is 36.4 Å². The minimum atomic E-state index is -0.286. The molecule has 4 nitrogen and oxygen atoms in total. The number of nitrogens with zero attached hydrogens (tertiary/aromatic N) is 1. The quantitative estimate of drug-likeness (QED) is 0.712. The Morgan fingerprint density at radius 3 is 2.30 bits per heavy atom. The van der Waals surface area contributed by atoms with E-state index in [4.69, 9.17) is 4.74 Å². The first-order chi connectivity index (χ1) is 13.3. The smallest absolute Gasteiger partial charge is 0.414 e. The number of fused-ring (bicyclic) bond motifs is 4. The van der Waals surface area contributed by atoms with E-state index in [1.165, 1.54) is 22.3 Å². The summed E-state index contributed by atoms with van der Waals surface area (Å²) in [6.07, 6.45) is -0.286. The maximum Gasteiger partial charge on any atom is 0.414 e. The summed E-state index contributed by atoms with van der Waals surface area (Å²) >= 11 is 0. The highest BCUT2D eigenvalue weighted by Crippen LogP contribution is 2.44. The highest BCUT2D eigenvalue weighted by Gasteiger charge is 2.30. The highest BCUT2D eigenvalue weighted by atomic mass is 16.6. The average molecular weight is 356 g/mol. The molecule has 0 unspecified atom stereocenters. The summed E-state index contributed by atoms with van der Waals surface area (Å²) in [6.45, 7) is 1.67. The zero-order valence-electron chi connectivity index (χ0n) is 14.9. The van der Waals surface area contributed by atoms with Gasteiger partial charge in [-0.1, -0.05) is 60.7 Å². The van der Waals surface area contributed by atoms with Gasteiger partial charge in [-0.2, -0.15) is 0 Å². The normalized spacial score (nSPS) is 14.7. The number of anilines is 2. The molecular weight excluding hydrogens is 336 g/mol. The first-order valence-electron chi connectivity index (χ1n) is 9.28. The third kappa shape index (κ3) is 2.65. The number of hydrogen-bond donors (Lipinski definition) is 1. The Hall–Kier alpha value is -3.27. The number of para-hydroxylation sites is 2. The van der Waals surface area contributed by atoms with Crippen LogP contribution in [0.5, 0.6) is 0 Å². The number of benzene rings is 3. The van der Waals surface area contributed by atoms with Crippen molar-refractivity contribution in [3.63, 3.8) is 0 Å². The fraction of sp³-hybridized carbons (Fsp3) is 0.174. The largest absolute Gasteiger partial charge is 0.448 e. The second kappa shape index (κ2) is 6.47. The molecular formula is C23H20N2O2. The molecule has 1 aliphatic heterocycles. The van der Waals surface area contributed by atoms with Crippen molar-refractivity contribution in [2.75, 3.05) is 29.9 Å². The van der Waals surface area contributed by atoms with Gasteiger partial charge in [0, 0.05) is 19.0 Å². The standard InChI is InChI=1S/C23H20N2O2/c26-23(25-14-13-24-21-11-5-6-12-22(21)25)27-15-20-18-9-3-1-7-16(18)17-8-2-4-10-19(17)20/h1-12,20,24H,13-15H2. The van der Waals surface area contributed by atoms with Gasteiger partial charge in [-0.05, 0) is 34.4 Å². The lowest BCUT2D eigenvalue weighted by molar-refractivity contribution is 0.150. The van der Waals surface area contributed by atoms with Crippen LogP contribution in [0.1, 0.15) is 17.0 Å². The molecule has 134 valence electrons. The molecule has 3 aromatic carbocycles. The van der Waals surface area contributed by atoms with E-state index in [-0.39, 0.29) is 12.0 Å². The van der Waals surface area contributed by atoms with Gasteiger partial charge in [0.15, 0.2) is 0 Å². The van der Waals surface area contributed by atoms with E-state index in [0.29, 0.717) is 13.2 Å². The zero-order chi connectivity index (χ0) is 18.2. The van der Waals surface area contributed by atoms with Crippen molar-refractivity contribution in [1.29, 1.82) is 0 Å². The Kier molecular flexibility index (Phi) is 3.82. The number of ether oxygens (including phenoxy) is 1. The molecule has 0 spiro atoms. The van der Waals surface area contributed by atoms with Gasteiger partial charge in [-0.25, -0.2) is 4.79 Å². The molecule has 0 atom stereocenters. The second-order valence-electron chi connectivity index (χ2n) is 6.90. The summed E-state index contributed by atoms with van der Waals surface area (Å²) in [6, 6.07) is 24.6. The van der Waals surface area contributed by atoms with Gasteiger partial charge in [-0.3, -0.25) is 4.90 Å². The fourth-order valence-electron chi connectivity index (χ4n) is 4.14. The van der Waals surface area contributed by atoms with Gasteiger partial charge >= 0.3 is 6.09 Å². The van der Waals surface area contributed by atoms with Crippen LogP contribution in [0, 0.1) is 0 Å². The van der Waals surface area contributed by atoms with E-state index >= 15 is 0 Å². The predicted molar refractivity (Wildman–Crippen MR) is 107 cm³/mol. The minimum Gasteiger partial charge on any atom is -0.448 e. The molecule has 27 heavy (non-hydrogen) atoms. The van der Waals surface area contributed by atoms with Crippen LogP contribution in [0.3, 0.4) is 0 Å². The lowest BCUT2D eigenvalue weighted by Crippen LogP contribution is -2.39. The van der Waals surface area contributed by atoms with Crippen molar-refractivity contribution in [2.45, 2.75) is 5.92 Å². The maximum absolute atomic E-state index is 12.8. The van der Waals surface area contributed by atoms with Crippen LogP contribution in [-0.2, 0) is 4.74 Å². The van der Waals surface area contributed by atoms with Crippen LogP contribution in [0.15, 0.2) is 72.8 Å². The monoisotopic (exact) mass is 356 g/mol. The molecule has 1 aliphatic carbocycles. The Labute approximate surface area is 158 Å². The Morgan fingerprint density at radius 1 is 0.926 bits per heavy atom. The summed E-state index contributed by atoms with van der Waals surface area (Å²) in [5.74, 6) is 0.0829. The Bertz CT molecular complexity index is 969. The molecule has 0 saturated carbocycles. The summed E-state index contributed by atoms with van der Waals surface area (Å²) in [4.78, 5) is 14.5. The third-order valence-electron chi connectivity index (χ3n) is 5.40. The lowest BCUT2D eigenvalue weighted by Gasteiger charge is -2.30. The summed E-state index contributed by atoms with van der Waals surface area (Å²) in [7, 11) is 0. The molecule has 1 N–H and O–H groups in total. The number of rotatable bonds is 2. The van der Waals surface area contributed by atoms with Gasteiger partial charge in [0.2, 0.25) is 0 Å². The van der Waals surface area contributed by atoms with Gasteiger partial charge in [0.05, 0.1) is 11.4 Å². The van der Waals surface area contributed by atoms with Crippen LogP contribution in [0.25, 0.3) is 11.1 Å². The molecule has 1 amide bonds. The van der Waals surface area contributed by atoms with E-state index in [2.05, 4.69) is 41.7 Å². The lowest BCUT2D eigenvalue weighted by atomic mass is 9.98. The molecule has 0 aromatic heterocycles. The Balaban J connectivity index is 1.39. The fourth-order valence-corrected chi connectivity index (χ4v) is 4.14. The molecule has 5 rings (SSSR count). The van der Waals surface area contributed by atoms with Crippen molar-refractivity contribution >= 4 is 17.5 Å². The molecule has 3 aromatic rings. The van der Waals surface area contributed by atoms with Crippen LogP contribution < -0.4 is 10.2 Å². The van der Waals surface area contributed by atoms with E-state index < -0.39 is 0 Å². The van der Waals surface area contributed by atoms with Crippen molar-refractivity contribution in [3.05, 3.63) is 83.9 Å². The SMILES string of the molecule is O=C(OCC1c2ccccc2-c2ccccc21)N1CCNc2ccccc21. The van der Waals surface area contributed by atoms with Gasteiger partial charge < -0.3 is 10.1 Å². The van der Waals surface area contributed by atoms with E-state index in [0.717, 1.165) is 17.9 Å². The topological polar surface area (TPSA) is 41.6 Å². The maximum atomic E-state index is 12.8. The van der Waals surface area contributed by atoms with Crippen LogP contribution in [0.4, 0.5) is 16.2 Å². The van der Waals surface area contributed by atoms with Gasteiger partial charge in [-0.15, -0.1) is 0 Å². The summed E-state index contributed by atoms with van der Waals surface area (Å²) in [5, 5.41) is 3.32. The molecule has 0 radical (unpaired) electrons. The average Bonchev–Trinajstić information content (AvgIpc) is 3.05. The van der Waals surface area contributed by atoms with Crippen molar-refractivity contribution in [3.8, 4) is 11.1 Å². The first kappa shape index (κ1) is 15.9.